The molecule has 1 aliphatic heterocycles. The molecule has 32 heavy (non-hydrogen) atoms. The van der Waals surface area contributed by atoms with Crippen molar-refractivity contribution in [1.29, 1.82) is 0 Å². The van der Waals surface area contributed by atoms with Gasteiger partial charge in [-0.1, -0.05) is 37.5 Å². The van der Waals surface area contributed by atoms with E-state index in [1.807, 2.05) is 18.2 Å². The van der Waals surface area contributed by atoms with E-state index in [1.165, 1.54) is 48.7 Å². The Bertz CT molecular complexity index is 1140. The molecule has 1 saturated carbocycles. The van der Waals surface area contributed by atoms with E-state index in [4.69, 9.17) is 4.74 Å². The Morgan fingerprint density at radius 3 is 2.66 bits per heavy atom. The number of carbonyl (C=O) groups is 1. The van der Waals surface area contributed by atoms with E-state index in [9.17, 15) is 9.90 Å². The first kappa shape index (κ1) is 21.1. The molecule has 3 aromatic rings. The molecule has 1 unspecified atom stereocenters. The third-order valence-electron chi connectivity index (χ3n) is 7.04. The molecule has 168 valence electrons. The van der Waals surface area contributed by atoms with Crippen molar-refractivity contribution in [2.24, 2.45) is 5.92 Å². The number of ether oxygens (including phenoxy) is 1. The molecule has 0 saturated heterocycles. The third-order valence-corrected chi connectivity index (χ3v) is 7.04. The zero-order chi connectivity index (χ0) is 22.2. The van der Waals surface area contributed by atoms with E-state index in [2.05, 4.69) is 41.8 Å². The van der Waals surface area contributed by atoms with Crippen molar-refractivity contribution in [3.05, 3.63) is 53.6 Å². The van der Waals surface area contributed by atoms with Gasteiger partial charge in [0.2, 0.25) is 0 Å². The van der Waals surface area contributed by atoms with Gasteiger partial charge in [-0.25, -0.2) is 4.79 Å². The van der Waals surface area contributed by atoms with Gasteiger partial charge in [-0.05, 0) is 62.7 Å². The lowest BCUT2D eigenvalue weighted by atomic mass is 9.81. The van der Waals surface area contributed by atoms with Gasteiger partial charge in [0.15, 0.2) is 0 Å². The van der Waals surface area contributed by atoms with Crippen LogP contribution >= 0.6 is 0 Å². The van der Waals surface area contributed by atoms with Crippen LogP contribution in [-0.2, 0) is 6.54 Å². The van der Waals surface area contributed by atoms with Gasteiger partial charge >= 0.3 is 5.97 Å². The average Bonchev–Trinajstić information content (AvgIpc) is 3.09. The second kappa shape index (κ2) is 8.62. The number of nitrogens with zero attached hydrogens (tertiary/aromatic N) is 2. The average molecular weight is 433 g/mol. The highest BCUT2D eigenvalue weighted by atomic mass is 16.5. The molecule has 2 aromatic carbocycles. The molecule has 2 heterocycles. The van der Waals surface area contributed by atoms with Crippen LogP contribution in [-0.4, -0.2) is 47.8 Å². The summed E-state index contributed by atoms with van der Waals surface area (Å²) in [7, 11) is 4.19. The molecule has 0 radical (unpaired) electrons. The monoisotopic (exact) mass is 432 g/mol. The molecule has 0 bridgehead atoms. The van der Waals surface area contributed by atoms with E-state index in [-0.39, 0.29) is 0 Å². The maximum Gasteiger partial charge on any atom is 0.335 e. The Kier molecular flexibility index (Phi) is 5.68. The molecule has 1 N–H and O–H groups in total. The number of fused-ring (bicyclic) bond motifs is 5. The lowest BCUT2D eigenvalue weighted by molar-refractivity contribution is 0.0697. The summed E-state index contributed by atoms with van der Waals surface area (Å²) in [5.74, 6) is 0.856. The lowest BCUT2D eigenvalue weighted by Crippen LogP contribution is -2.31. The molecule has 2 aliphatic rings. The summed E-state index contributed by atoms with van der Waals surface area (Å²) < 4.78 is 8.77. The van der Waals surface area contributed by atoms with Crippen molar-refractivity contribution in [3.63, 3.8) is 0 Å². The highest BCUT2D eigenvalue weighted by Gasteiger charge is 2.30. The number of carboxylic acids is 1. The Labute approximate surface area is 189 Å². The molecule has 1 fully saturated rings. The number of aromatic nitrogens is 1. The van der Waals surface area contributed by atoms with Gasteiger partial charge in [-0.15, -0.1) is 0 Å². The molecular weight excluding hydrogens is 400 g/mol. The predicted molar refractivity (Wildman–Crippen MR) is 128 cm³/mol. The summed E-state index contributed by atoms with van der Waals surface area (Å²) in [4.78, 5) is 14.0. The largest absolute Gasteiger partial charge is 0.492 e. The van der Waals surface area contributed by atoms with E-state index in [0.29, 0.717) is 24.0 Å². The highest BCUT2D eigenvalue weighted by molar-refractivity contribution is 5.98. The van der Waals surface area contributed by atoms with Crippen LogP contribution in [0.15, 0.2) is 42.5 Å². The van der Waals surface area contributed by atoms with Gasteiger partial charge in [0.25, 0.3) is 0 Å². The number of benzene rings is 2. The third kappa shape index (κ3) is 3.79. The first-order chi connectivity index (χ1) is 15.5. The second-order valence-electron chi connectivity index (χ2n) is 9.68. The molecular formula is C27H32N2O3. The Morgan fingerprint density at radius 1 is 1.12 bits per heavy atom. The quantitative estimate of drug-likeness (QED) is 0.581. The second-order valence-corrected chi connectivity index (χ2v) is 9.68. The lowest BCUT2D eigenvalue weighted by Gasteiger charge is -2.29. The number of rotatable bonds is 4. The summed E-state index contributed by atoms with van der Waals surface area (Å²) in [5, 5.41) is 10.9. The van der Waals surface area contributed by atoms with Gasteiger partial charge in [0.05, 0.1) is 17.9 Å². The summed E-state index contributed by atoms with van der Waals surface area (Å²) in [6.45, 7) is 2.37. The smallest absolute Gasteiger partial charge is 0.335 e. The summed E-state index contributed by atoms with van der Waals surface area (Å²) in [6.07, 6.45) is 6.20. The standard InChI is InChI=1S/C27H32N2O3/c1-28(2)15-18-16-29-23-14-20(27(30)31)12-13-21(23)25(19-8-4-3-5-9-19)26(29)22-10-6-7-11-24(22)32-17-18/h6-7,10-14,18-19H,3-5,8-9,15-17H2,1-2H3,(H,30,31). The van der Waals surface area contributed by atoms with Gasteiger partial charge < -0.3 is 19.3 Å². The molecule has 0 amide bonds. The maximum absolute atomic E-state index is 11.8. The van der Waals surface area contributed by atoms with Crippen molar-refractivity contribution in [3.8, 4) is 17.0 Å². The first-order valence-electron chi connectivity index (χ1n) is 11.8. The Hall–Kier alpha value is -2.79. The van der Waals surface area contributed by atoms with Crippen LogP contribution in [0, 0.1) is 5.92 Å². The van der Waals surface area contributed by atoms with Gasteiger partial charge in [-0.3, -0.25) is 0 Å². The normalized spacial score (nSPS) is 19.2. The summed E-state index contributed by atoms with van der Waals surface area (Å²) >= 11 is 0. The van der Waals surface area contributed by atoms with Crippen LogP contribution in [0.25, 0.3) is 22.2 Å². The summed E-state index contributed by atoms with van der Waals surface area (Å²) in [5.41, 5.74) is 5.14. The van der Waals surface area contributed by atoms with Crippen molar-refractivity contribution in [2.75, 3.05) is 27.2 Å². The van der Waals surface area contributed by atoms with Gasteiger partial charge in [-0.2, -0.15) is 0 Å². The van der Waals surface area contributed by atoms with Crippen molar-refractivity contribution in [1.82, 2.24) is 9.47 Å². The molecule has 5 heteroatoms. The van der Waals surface area contributed by atoms with Gasteiger partial charge in [0.1, 0.15) is 5.75 Å². The van der Waals surface area contributed by atoms with Crippen LogP contribution in [0.1, 0.15) is 53.9 Å². The number of hydrogen-bond donors (Lipinski definition) is 1. The van der Waals surface area contributed by atoms with E-state index in [1.54, 1.807) is 6.07 Å². The minimum absolute atomic E-state index is 0.306. The zero-order valence-corrected chi connectivity index (χ0v) is 19.0. The zero-order valence-electron chi connectivity index (χ0n) is 19.0. The van der Waals surface area contributed by atoms with Crippen molar-refractivity contribution >= 4 is 16.9 Å². The minimum atomic E-state index is -0.874. The van der Waals surface area contributed by atoms with Crippen LogP contribution < -0.4 is 4.74 Å². The van der Waals surface area contributed by atoms with E-state index < -0.39 is 5.97 Å². The number of aromatic carboxylic acids is 1. The Balaban J connectivity index is 1.80. The Morgan fingerprint density at radius 2 is 1.91 bits per heavy atom. The van der Waals surface area contributed by atoms with E-state index >= 15 is 0 Å². The SMILES string of the molecule is CN(C)CC1COc2ccccc2-c2c(C3CCCCC3)c3ccc(C(=O)O)cc3n2C1. The molecule has 1 aromatic heterocycles. The highest BCUT2D eigenvalue weighted by Crippen LogP contribution is 2.47. The van der Waals surface area contributed by atoms with Crippen LogP contribution in [0.5, 0.6) is 5.75 Å². The molecule has 5 nitrogen and oxygen atoms in total. The van der Waals surface area contributed by atoms with Gasteiger partial charge in [0, 0.05) is 35.5 Å². The molecule has 0 spiro atoms. The topological polar surface area (TPSA) is 54.7 Å². The number of para-hydroxylation sites is 1. The van der Waals surface area contributed by atoms with Crippen LogP contribution in [0.4, 0.5) is 0 Å². The minimum Gasteiger partial charge on any atom is -0.492 e. The van der Waals surface area contributed by atoms with Crippen molar-refractivity contribution < 1.29 is 14.6 Å². The number of hydrogen-bond acceptors (Lipinski definition) is 3. The fourth-order valence-corrected chi connectivity index (χ4v) is 5.73. The first-order valence-corrected chi connectivity index (χ1v) is 11.8. The van der Waals surface area contributed by atoms with E-state index in [0.717, 1.165) is 29.9 Å². The fourth-order valence-electron chi connectivity index (χ4n) is 5.73. The molecule has 1 atom stereocenters. The number of carboxylic acid groups (broad SMARTS) is 1. The molecule has 5 rings (SSSR count). The fraction of sp³-hybridized carbons (Fsp3) is 0.444. The summed E-state index contributed by atoms with van der Waals surface area (Å²) in [6, 6.07) is 14.0. The van der Waals surface area contributed by atoms with Crippen LogP contribution in [0.3, 0.4) is 0 Å². The maximum atomic E-state index is 11.8. The molecule has 1 aliphatic carbocycles. The van der Waals surface area contributed by atoms with Crippen molar-refractivity contribution in [2.45, 2.75) is 44.6 Å². The predicted octanol–water partition coefficient (Wildman–Crippen LogP) is 5.62. The van der Waals surface area contributed by atoms with Crippen LogP contribution in [0.2, 0.25) is 0 Å².